The normalized spacial score (nSPS) is 14.5. The summed E-state index contributed by atoms with van der Waals surface area (Å²) in [7, 11) is 0. The number of pyridine rings is 1. The number of aromatic nitrogens is 3. The van der Waals surface area contributed by atoms with Crippen LogP contribution in [0.3, 0.4) is 0 Å². The van der Waals surface area contributed by atoms with Gasteiger partial charge in [-0.1, -0.05) is 11.6 Å². The predicted molar refractivity (Wildman–Crippen MR) is 101 cm³/mol. The molecular formula is C19H18ClN5O. The van der Waals surface area contributed by atoms with E-state index in [-0.39, 0.29) is 5.91 Å². The van der Waals surface area contributed by atoms with E-state index in [2.05, 4.69) is 15.0 Å². The van der Waals surface area contributed by atoms with Crippen LogP contribution in [-0.4, -0.2) is 51.8 Å². The van der Waals surface area contributed by atoms with Crippen LogP contribution in [0.25, 0.3) is 5.69 Å². The number of hydrogen-bond acceptors (Lipinski definition) is 4. The van der Waals surface area contributed by atoms with Gasteiger partial charge in [0.25, 0.3) is 5.91 Å². The number of nitrogens with zero attached hydrogens (tertiary/aromatic N) is 5. The lowest BCUT2D eigenvalue weighted by Crippen LogP contribution is -2.48. The van der Waals surface area contributed by atoms with Crippen LogP contribution in [0.15, 0.2) is 61.2 Å². The molecule has 6 nitrogen and oxygen atoms in total. The van der Waals surface area contributed by atoms with Crippen LogP contribution in [0, 0.1) is 0 Å². The lowest BCUT2D eigenvalue weighted by atomic mass is 10.1. The second kappa shape index (κ2) is 7.17. The Morgan fingerprint density at radius 3 is 2.42 bits per heavy atom. The average Bonchev–Trinajstić information content (AvgIpc) is 3.23. The number of carbonyl (C=O) groups is 1. The van der Waals surface area contributed by atoms with Crippen LogP contribution < -0.4 is 4.90 Å². The zero-order valence-electron chi connectivity index (χ0n) is 14.1. The Morgan fingerprint density at radius 2 is 1.73 bits per heavy atom. The van der Waals surface area contributed by atoms with E-state index in [4.69, 9.17) is 11.6 Å². The summed E-state index contributed by atoms with van der Waals surface area (Å²) in [5.41, 5.74) is 2.46. The van der Waals surface area contributed by atoms with Gasteiger partial charge in [-0.2, -0.15) is 5.10 Å². The third kappa shape index (κ3) is 3.28. The predicted octanol–water partition coefficient (Wildman–Crippen LogP) is 2.88. The van der Waals surface area contributed by atoms with Gasteiger partial charge in [-0.15, -0.1) is 0 Å². The molecule has 1 amide bonds. The smallest absolute Gasteiger partial charge is 0.255 e. The Morgan fingerprint density at radius 1 is 0.962 bits per heavy atom. The average molecular weight is 368 g/mol. The summed E-state index contributed by atoms with van der Waals surface area (Å²) < 4.78 is 1.72. The van der Waals surface area contributed by atoms with Crippen molar-refractivity contribution >= 4 is 23.2 Å². The molecule has 1 saturated heterocycles. The number of carbonyl (C=O) groups excluding carboxylic acids is 1. The number of piperazine rings is 1. The SMILES string of the molecule is O=C(c1cc(-n2cccn2)ccc1Cl)N1CCN(c2ccncc2)CC1. The molecule has 0 aliphatic carbocycles. The monoisotopic (exact) mass is 367 g/mol. The van der Waals surface area contributed by atoms with Crippen LogP contribution in [0.1, 0.15) is 10.4 Å². The molecule has 0 N–H and O–H groups in total. The molecular weight excluding hydrogens is 350 g/mol. The van der Waals surface area contributed by atoms with Gasteiger partial charge in [-0.25, -0.2) is 4.68 Å². The second-order valence-corrected chi connectivity index (χ2v) is 6.51. The molecule has 7 heteroatoms. The Labute approximate surface area is 156 Å². The molecule has 0 bridgehead atoms. The molecule has 1 aliphatic rings. The molecule has 3 heterocycles. The van der Waals surface area contributed by atoms with Gasteiger partial charge < -0.3 is 9.80 Å². The maximum absolute atomic E-state index is 13.0. The molecule has 1 aliphatic heterocycles. The van der Waals surface area contributed by atoms with Crippen molar-refractivity contribution in [2.75, 3.05) is 31.1 Å². The largest absolute Gasteiger partial charge is 0.368 e. The molecule has 132 valence electrons. The maximum atomic E-state index is 13.0. The van der Waals surface area contributed by atoms with Gasteiger partial charge in [-0.05, 0) is 36.4 Å². The van der Waals surface area contributed by atoms with Gasteiger partial charge in [0.15, 0.2) is 0 Å². The second-order valence-electron chi connectivity index (χ2n) is 6.10. The molecule has 2 aromatic heterocycles. The van der Waals surface area contributed by atoms with Gasteiger partial charge in [0.1, 0.15) is 0 Å². The fourth-order valence-electron chi connectivity index (χ4n) is 3.13. The molecule has 0 unspecified atom stereocenters. The summed E-state index contributed by atoms with van der Waals surface area (Å²) in [6.45, 7) is 2.88. The van der Waals surface area contributed by atoms with Gasteiger partial charge in [-0.3, -0.25) is 9.78 Å². The van der Waals surface area contributed by atoms with E-state index < -0.39 is 0 Å². The highest BCUT2D eigenvalue weighted by Gasteiger charge is 2.24. The number of hydrogen-bond donors (Lipinski definition) is 0. The van der Waals surface area contributed by atoms with E-state index in [9.17, 15) is 4.79 Å². The summed E-state index contributed by atoms with van der Waals surface area (Å²) >= 11 is 6.30. The van der Waals surface area contributed by atoms with Crippen molar-refractivity contribution < 1.29 is 4.79 Å². The third-order valence-electron chi connectivity index (χ3n) is 4.54. The van der Waals surface area contributed by atoms with Crippen molar-refractivity contribution in [3.63, 3.8) is 0 Å². The number of halogens is 1. The van der Waals surface area contributed by atoms with Gasteiger partial charge in [0.2, 0.25) is 0 Å². The summed E-state index contributed by atoms with van der Waals surface area (Å²) in [5, 5.41) is 4.67. The van der Waals surface area contributed by atoms with Crippen LogP contribution >= 0.6 is 11.6 Å². The number of anilines is 1. The number of rotatable bonds is 3. The minimum Gasteiger partial charge on any atom is -0.368 e. The van der Waals surface area contributed by atoms with Crippen LogP contribution in [0.4, 0.5) is 5.69 Å². The highest BCUT2D eigenvalue weighted by molar-refractivity contribution is 6.33. The zero-order chi connectivity index (χ0) is 17.9. The first-order valence-corrected chi connectivity index (χ1v) is 8.84. The van der Waals surface area contributed by atoms with Gasteiger partial charge in [0, 0.05) is 56.7 Å². The molecule has 0 atom stereocenters. The van der Waals surface area contributed by atoms with Crippen molar-refractivity contribution in [2.24, 2.45) is 0 Å². The van der Waals surface area contributed by atoms with E-state index in [1.54, 1.807) is 35.4 Å². The molecule has 0 spiro atoms. The molecule has 0 saturated carbocycles. The Bertz CT molecular complexity index is 890. The van der Waals surface area contributed by atoms with Crippen molar-refractivity contribution in [2.45, 2.75) is 0 Å². The van der Waals surface area contributed by atoms with E-state index in [1.807, 2.05) is 35.4 Å². The third-order valence-corrected chi connectivity index (χ3v) is 4.87. The fourth-order valence-corrected chi connectivity index (χ4v) is 3.33. The van der Waals surface area contributed by atoms with E-state index in [0.29, 0.717) is 23.7 Å². The molecule has 0 radical (unpaired) electrons. The quantitative estimate of drug-likeness (QED) is 0.714. The highest BCUT2D eigenvalue weighted by atomic mass is 35.5. The summed E-state index contributed by atoms with van der Waals surface area (Å²) in [6.07, 6.45) is 7.11. The summed E-state index contributed by atoms with van der Waals surface area (Å²) in [6, 6.07) is 11.2. The standard InChI is InChI=1S/C19H18ClN5O/c20-18-3-2-16(25-9-1-6-22-25)14-17(18)19(26)24-12-10-23(11-13-24)15-4-7-21-8-5-15/h1-9,14H,10-13H2. The molecule has 1 aromatic carbocycles. The maximum Gasteiger partial charge on any atom is 0.255 e. The number of benzene rings is 1. The molecule has 3 aromatic rings. The van der Waals surface area contributed by atoms with Crippen molar-refractivity contribution in [1.29, 1.82) is 0 Å². The molecule has 4 rings (SSSR count). The van der Waals surface area contributed by atoms with E-state index in [0.717, 1.165) is 24.5 Å². The topological polar surface area (TPSA) is 54.3 Å². The van der Waals surface area contributed by atoms with Crippen LogP contribution in [-0.2, 0) is 0 Å². The van der Waals surface area contributed by atoms with Crippen LogP contribution in [0.2, 0.25) is 5.02 Å². The minimum absolute atomic E-state index is 0.0432. The fraction of sp³-hybridized carbons (Fsp3) is 0.211. The van der Waals surface area contributed by atoms with Crippen molar-refractivity contribution in [1.82, 2.24) is 19.7 Å². The Balaban J connectivity index is 1.49. The Hall–Kier alpha value is -2.86. The van der Waals surface area contributed by atoms with E-state index >= 15 is 0 Å². The first-order valence-electron chi connectivity index (χ1n) is 8.46. The lowest BCUT2D eigenvalue weighted by Gasteiger charge is -2.36. The van der Waals surface area contributed by atoms with Crippen molar-refractivity contribution in [3.8, 4) is 5.69 Å². The Kier molecular flexibility index (Phi) is 4.58. The first-order chi connectivity index (χ1) is 12.7. The lowest BCUT2D eigenvalue weighted by molar-refractivity contribution is 0.0747. The summed E-state index contributed by atoms with van der Waals surface area (Å²) in [4.78, 5) is 21.1. The number of amides is 1. The zero-order valence-corrected chi connectivity index (χ0v) is 14.9. The van der Waals surface area contributed by atoms with Gasteiger partial charge >= 0.3 is 0 Å². The molecule has 26 heavy (non-hydrogen) atoms. The van der Waals surface area contributed by atoms with Crippen LogP contribution in [0.5, 0.6) is 0 Å². The van der Waals surface area contributed by atoms with E-state index in [1.165, 1.54) is 0 Å². The molecule has 1 fully saturated rings. The van der Waals surface area contributed by atoms with Gasteiger partial charge in [0.05, 0.1) is 16.3 Å². The summed E-state index contributed by atoms with van der Waals surface area (Å²) in [5.74, 6) is -0.0432. The van der Waals surface area contributed by atoms with Crippen molar-refractivity contribution in [3.05, 3.63) is 71.8 Å². The minimum atomic E-state index is -0.0432. The highest BCUT2D eigenvalue weighted by Crippen LogP contribution is 2.23. The first kappa shape index (κ1) is 16.6.